The Bertz CT molecular complexity index is 615. The van der Waals surface area contributed by atoms with Gasteiger partial charge in [-0.25, -0.2) is 0 Å². The van der Waals surface area contributed by atoms with E-state index in [9.17, 15) is 0 Å². The van der Waals surface area contributed by atoms with Gasteiger partial charge in [0.1, 0.15) is 0 Å². The van der Waals surface area contributed by atoms with Gasteiger partial charge in [-0.2, -0.15) is 0 Å². The molecule has 0 radical (unpaired) electrons. The molecule has 0 atom stereocenters. The maximum atomic E-state index is 6.48. The molecular formula is C19H25BO2Si. The van der Waals surface area contributed by atoms with Gasteiger partial charge in [-0.1, -0.05) is 77.6 Å². The lowest BCUT2D eigenvalue weighted by Gasteiger charge is -2.32. The van der Waals surface area contributed by atoms with Gasteiger partial charge in [0.2, 0.25) is 0 Å². The van der Waals surface area contributed by atoms with Crippen molar-refractivity contribution in [3.63, 3.8) is 0 Å². The third-order valence-electron chi connectivity index (χ3n) is 5.47. The number of rotatable bonds is 3. The monoisotopic (exact) mass is 324 g/mol. The molecule has 2 nitrogen and oxygen atoms in total. The van der Waals surface area contributed by atoms with E-state index in [1.54, 1.807) is 0 Å². The molecule has 1 heterocycles. The van der Waals surface area contributed by atoms with Gasteiger partial charge in [0, 0.05) is 0 Å². The fourth-order valence-corrected chi connectivity index (χ4v) is 6.79. The van der Waals surface area contributed by atoms with Crippen LogP contribution >= 0.6 is 0 Å². The van der Waals surface area contributed by atoms with E-state index in [-0.39, 0.29) is 17.9 Å². The second-order valence-electron chi connectivity index (χ2n) is 7.52. The number of benzene rings is 2. The molecule has 23 heavy (non-hydrogen) atoms. The number of hydrogen-bond acceptors (Lipinski definition) is 2. The molecule has 1 saturated heterocycles. The highest BCUT2D eigenvalue weighted by Gasteiger charge is 2.59. The van der Waals surface area contributed by atoms with E-state index in [1.165, 1.54) is 10.4 Å². The SMILES string of the molecule is CC1(C)OB([Si](C)(c2ccccc2)c2ccccc2)OC1(C)C. The van der Waals surface area contributed by atoms with E-state index < -0.39 is 7.94 Å². The Hall–Kier alpha value is -1.36. The van der Waals surface area contributed by atoms with Crippen LogP contribution in [-0.4, -0.2) is 25.9 Å². The minimum absolute atomic E-state index is 0.197. The van der Waals surface area contributed by atoms with Gasteiger partial charge >= 0.3 is 6.71 Å². The van der Waals surface area contributed by atoms with Crippen molar-refractivity contribution >= 4 is 25.0 Å². The van der Waals surface area contributed by atoms with Gasteiger partial charge in [-0.05, 0) is 27.7 Å². The fraction of sp³-hybridized carbons (Fsp3) is 0.368. The summed E-state index contributed by atoms with van der Waals surface area (Å²) in [5, 5.41) is 2.68. The molecule has 0 aliphatic carbocycles. The predicted octanol–water partition coefficient (Wildman–Crippen LogP) is 3.05. The molecule has 0 spiro atoms. The first-order chi connectivity index (χ1) is 10.8. The van der Waals surface area contributed by atoms with Crippen molar-refractivity contribution in [1.29, 1.82) is 0 Å². The molecule has 0 unspecified atom stereocenters. The first kappa shape index (κ1) is 16.5. The molecule has 1 aliphatic heterocycles. The van der Waals surface area contributed by atoms with E-state index in [0.717, 1.165) is 0 Å². The molecule has 0 aromatic heterocycles. The van der Waals surface area contributed by atoms with Crippen LogP contribution in [0.4, 0.5) is 0 Å². The minimum Gasteiger partial charge on any atom is -0.406 e. The van der Waals surface area contributed by atoms with Crippen LogP contribution in [-0.2, 0) is 9.31 Å². The van der Waals surface area contributed by atoms with Crippen LogP contribution in [0.5, 0.6) is 0 Å². The van der Waals surface area contributed by atoms with E-state index in [1.807, 2.05) is 0 Å². The number of hydrogen-bond donors (Lipinski definition) is 0. The Morgan fingerprint density at radius 3 is 1.39 bits per heavy atom. The molecule has 3 rings (SSSR count). The third kappa shape index (κ3) is 2.69. The zero-order valence-electron chi connectivity index (χ0n) is 14.7. The average Bonchev–Trinajstić information content (AvgIpc) is 2.76. The Kier molecular flexibility index (Phi) is 4.03. The summed E-state index contributed by atoms with van der Waals surface area (Å²) in [5.74, 6) is 0. The zero-order chi connectivity index (χ0) is 16.7. The van der Waals surface area contributed by atoms with Gasteiger partial charge in [-0.15, -0.1) is 0 Å². The molecule has 0 N–H and O–H groups in total. The molecule has 0 saturated carbocycles. The van der Waals surface area contributed by atoms with Crippen molar-refractivity contribution in [2.45, 2.75) is 45.4 Å². The van der Waals surface area contributed by atoms with Crippen LogP contribution < -0.4 is 10.4 Å². The Labute approximate surface area is 140 Å². The molecule has 120 valence electrons. The highest BCUT2D eigenvalue weighted by atomic mass is 28.3. The zero-order valence-corrected chi connectivity index (χ0v) is 15.7. The topological polar surface area (TPSA) is 18.5 Å². The standard InChI is InChI=1S/C19H25BO2Si/c1-18(2)19(3,4)22-20(21-18)23(5,16-12-8-6-9-13-16)17-14-10-7-11-15-17/h6-15H,1-5H3. The highest BCUT2D eigenvalue weighted by Crippen LogP contribution is 2.39. The second kappa shape index (κ2) is 5.62. The first-order valence-corrected chi connectivity index (χ1v) is 10.8. The van der Waals surface area contributed by atoms with E-state index in [4.69, 9.17) is 9.31 Å². The Morgan fingerprint density at radius 1 is 0.696 bits per heavy atom. The summed E-state index contributed by atoms with van der Waals surface area (Å²) in [7, 11) is -2.19. The lowest BCUT2D eigenvalue weighted by molar-refractivity contribution is 0.00578. The lowest BCUT2D eigenvalue weighted by atomic mass is 9.90. The molecule has 2 aromatic rings. The molecule has 2 aromatic carbocycles. The predicted molar refractivity (Wildman–Crippen MR) is 99.9 cm³/mol. The summed E-state index contributed by atoms with van der Waals surface area (Å²) in [4.78, 5) is 0. The van der Waals surface area contributed by atoms with Gasteiger partial charge < -0.3 is 9.31 Å². The molecule has 1 aliphatic rings. The summed E-state index contributed by atoms with van der Waals surface area (Å²) >= 11 is 0. The van der Waals surface area contributed by atoms with Crippen molar-refractivity contribution < 1.29 is 9.31 Å². The highest BCUT2D eigenvalue weighted by molar-refractivity contribution is 7.40. The second-order valence-corrected chi connectivity index (χ2v) is 11.6. The molecule has 0 bridgehead atoms. The molecule has 1 fully saturated rings. The smallest absolute Gasteiger partial charge is 0.406 e. The van der Waals surface area contributed by atoms with E-state index >= 15 is 0 Å². The maximum absolute atomic E-state index is 6.48. The molecule has 4 heteroatoms. The van der Waals surface area contributed by atoms with Crippen molar-refractivity contribution in [2.24, 2.45) is 0 Å². The van der Waals surface area contributed by atoms with Crippen molar-refractivity contribution in [3.05, 3.63) is 60.7 Å². The quantitative estimate of drug-likeness (QED) is 0.808. The minimum atomic E-state index is -2.19. The Balaban J connectivity index is 2.12. The molecule has 0 amide bonds. The van der Waals surface area contributed by atoms with Crippen molar-refractivity contribution in [3.8, 4) is 0 Å². The van der Waals surface area contributed by atoms with E-state index in [0.29, 0.717) is 0 Å². The summed E-state index contributed by atoms with van der Waals surface area (Å²) in [5.41, 5.74) is -0.620. The van der Waals surface area contributed by atoms with Crippen molar-refractivity contribution in [1.82, 2.24) is 0 Å². The van der Waals surface area contributed by atoms with Gasteiger partial charge in [0.05, 0.1) is 11.2 Å². The van der Waals surface area contributed by atoms with Crippen LogP contribution in [0.3, 0.4) is 0 Å². The van der Waals surface area contributed by atoms with Gasteiger partial charge in [-0.3, -0.25) is 0 Å². The van der Waals surface area contributed by atoms with Crippen LogP contribution in [0, 0.1) is 0 Å². The molecular weight excluding hydrogens is 299 g/mol. The van der Waals surface area contributed by atoms with Crippen LogP contribution in [0.25, 0.3) is 0 Å². The third-order valence-corrected chi connectivity index (χ3v) is 9.72. The Morgan fingerprint density at radius 2 is 1.04 bits per heavy atom. The van der Waals surface area contributed by atoms with E-state index in [2.05, 4.69) is 94.9 Å². The average molecular weight is 324 g/mol. The fourth-order valence-electron chi connectivity index (χ4n) is 3.09. The van der Waals surface area contributed by atoms with Crippen LogP contribution in [0.15, 0.2) is 60.7 Å². The summed E-state index contributed by atoms with van der Waals surface area (Å²) in [6.07, 6.45) is 0. The maximum Gasteiger partial charge on any atom is 0.444 e. The van der Waals surface area contributed by atoms with Gasteiger partial charge in [0.15, 0.2) is 7.94 Å². The first-order valence-electron chi connectivity index (χ1n) is 8.24. The largest absolute Gasteiger partial charge is 0.444 e. The summed E-state index contributed by atoms with van der Waals surface area (Å²) in [6, 6.07) is 21.4. The van der Waals surface area contributed by atoms with Gasteiger partial charge in [0.25, 0.3) is 0 Å². The normalized spacial score (nSPS) is 19.8. The van der Waals surface area contributed by atoms with Crippen LogP contribution in [0.2, 0.25) is 6.55 Å². The van der Waals surface area contributed by atoms with Crippen molar-refractivity contribution in [2.75, 3.05) is 0 Å². The summed E-state index contributed by atoms with van der Waals surface area (Å²) in [6.45, 7) is 10.6. The lowest BCUT2D eigenvalue weighted by Crippen LogP contribution is -2.68. The summed E-state index contributed by atoms with van der Waals surface area (Å²) < 4.78 is 13.0. The van der Waals surface area contributed by atoms with Crippen LogP contribution in [0.1, 0.15) is 27.7 Å².